The van der Waals surface area contributed by atoms with E-state index in [0.29, 0.717) is 39.4 Å². The fourth-order valence-electron chi connectivity index (χ4n) is 3.12. The molecule has 3 heterocycles. The highest BCUT2D eigenvalue weighted by molar-refractivity contribution is 6.34. The molecular formula is C16H19Cl2N3O3. The van der Waals surface area contributed by atoms with Gasteiger partial charge in [0.05, 0.1) is 24.2 Å². The molecule has 3 rings (SSSR count). The van der Waals surface area contributed by atoms with E-state index in [0.717, 1.165) is 12.8 Å². The molecule has 2 amide bonds. The Balaban J connectivity index is 1.69. The van der Waals surface area contributed by atoms with E-state index in [1.165, 1.54) is 0 Å². The van der Waals surface area contributed by atoms with Gasteiger partial charge in [0.25, 0.3) is 5.91 Å². The van der Waals surface area contributed by atoms with Crippen molar-refractivity contribution >= 4 is 35.0 Å². The molecule has 1 unspecified atom stereocenters. The lowest BCUT2D eigenvalue weighted by Gasteiger charge is -2.36. The lowest BCUT2D eigenvalue weighted by Crippen LogP contribution is -2.49. The third-order valence-corrected chi connectivity index (χ3v) is 4.91. The highest BCUT2D eigenvalue weighted by Gasteiger charge is 2.33. The van der Waals surface area contributed by atoms with Crippen LogP contribution in [0.1, 0.15) is 23.3 Å². The van der Waals surface area contributed by atoms with Crippen LogP contribution in [0.15, 0.2) is 12.1 Å². The van der Waals surface area contributed by atoms with Gasteiger partial charge in [0.1, 0.15) is 10.8 Å². The fourth-order valence-corrected chi connectivity index (χ4v) is 3.46. The molecule has 0 aliphatic carbocycles. The topological polar surface area (TPSA) is 62.7 Å². The van der Waals surface area contributed by atoms with E-state index < -0.39 is 0 Å². The Bertz CT molecular complexity index is 635. The van der Waals surface area contributed by atoms with Crippen LogP contribution in [0.2, 0.25) is 10.2 Å². The Hall–Kier alpha value is -1.37. The Kier molecular flexibility index (Phi) is 5.58. The summed E-state index contributed by atoms with van der Waals surface area (Å²) in [5.41, 5.74) is 0.142. The molecule has 0 bridgehead atoms. The van der Waals surface area contributed by atoms with E-state index in [2.05, 4.69) is 4.98 Å². The number of ether oxygens (including phenoxy) is 1. The molecule has 8 heteroatoms. The van der Waals surface area contributed by atoms with Gasteiger partial charge in [-0.2, -0.15) is 0 Å². The van der Waals surface area contributed by atoms with Gasteiger partial charge in [-0.05, 0) is 25.0 Å². The molecule has 0 spiro atoms. The average molecular weight is 372 g/mol. The minimum atomic E-state index is -0.276. The molecule has 130 valence electrons. The SMILES string of the molecule is O=C(c1nc(Cl)ccc1Cl)N1CCCC(C(=O)N2CCOCC2)C1. The smallest absolute Gasteiger partial charge is 0.274 e. The number of rotatable bonds is 2. The van der Waals surface area contributed by atoms with E-state index in [4.69, 9.17) is 27.9 Å². The number of carbonyl (C=O) groups is 2. The number of carbonyl (C=O) groups excluding carboxylic acids is 2. The van der Waals surface area contributed by atoms with Gasteiger partial charge >= 0.3 is 0 Å². The molecule has 1 aromatic rings. The summed E-state index contributed by atoms with van der Waals surface area (Å²) < 4.78 is 5.28. The van der Waals surface area contributed by atoms with E-state index >= 15 is 0 Å². The molecular weight excluding hydrogens is 353 g/mol. The molecule has 0 radical (unpaired) electrons. The number of piperidine rings is 1. The van der Waals surface area contributed by atoms with Crippen molar-refractivity contribution in [2.24, 2.45) is 5.92 Å². The Morgan fingerprint density at radius 1 is 1.12 bits per heavy atom. The Morgan fingerprint density at radius 3 is 2.62 bits per heavy atom. The largest absolute Gasteiger partial charge is 0.378 e. The first-order chi connectivity index (χ1) is 11.6. The zero-order chi connectivity index (χ0) is 17.1. The number of morpholine rings is 1. The first-order valence-electron chi connectivity index (χ1n) is 8.04. The van der Waals surface area contributed by atoms with E-state index in [1.54, 1.807) is 17.0 Å². The second-order valence-electron chi connectivity index (χ2n) is 5.99. The van der Waals surface area contributed by atoms with Crippen LogP contribution in [0, 0.1) is 5.92 Å². The van der Waals surface area contributed by atoms with E-state index in [9.17, 15) is 9.59 Å². The first kappa shape index (κ1) is 17.5. The number of halogens is 2. The van der Waals surface area contributed by atoms with Crippen molar-refractivity contribution in [3.63, 3.8) is 0 Å². The predicted molar refractivity (Wildman–Crippen MR) is 90.3 cm³/mol. The van der Waals surface area contributed by atoms with Gasteiger partial charge in [0.2, 0.25) is 5.91 Å². The van der Waals surface area contributed by atoms with E-state index in [1.807, 2.05) is 4.90 Å². The number of nitrogens with zero attached hydrogens (tertiary/aromatic N) is 3. The number of hydrogen-bond donors (Lipinski definition) is 0. The van der Waals surface area contributed by atoms with Gasteiger partial charge < -0.3 is 14.5 Å². The van der Waals surface area contributed by atoms with Crippen LogP contribution in [-0.4, -0.2) is 66.0 Å². The van der Waals surface area contributed by atoms with Crippen molar-refractivity contribution in [1.82, 2.24) is 14.8 Å². The molecule has 2 aliphatic heterocycles. The molecule has 2 fully saturated rings. The summed E-state index contributed by atoms with van der Waals surface area (Å²) in [4.78, 5) is 32.9. The summed E-state index contributed by atoms with van der Waals surface area (Å²) in [6.07, 6.45) is 1.57. The summed E-state index contributed by atoms with van der Waals surface area (Å²) in [6, 6.07) is 3.10. The van der Waals surface area contributed by atoms with Crippen molar-refractivity contribution in [3.8, 4) is 0 Å². The van der Waals surface area contributed by atoms with Crippen LogP contribution < -0.4 is 0 Å². The predicted octanol–water partition coefficient (Wildman–Crippen LogP) is 2.10. The Morgan fingerprint density at radius 2 is 1.88 bits per heavy atom. The van der Waals surface area contributed by atoms with Crippen molar-refractivity contribution in [2.45, 2.75) is 12.8 Å². The maximum Gasteiger partial charge on any atom is 0.274 e. The molecule has 0 N–H and O–H groups in total. The second kappa shape index (κ2) is 7.68. The first-order valence-corrected chi connectivity index (χ1v) is 8.79. The van der Waals surface area contributed by atoms with E-state index in [-0.39, 0.29) is 33.6 Å². The molecule has 1 atom stereocenters. The number of amides is 2. The molecule has 24 heavy (non-hydrogen) atoms. The number of aromatic nitrogens is 1. The van der Waals surface area contributed by atoms with Gasteiger partial charge in [0, 0.05) is 26.2 Å². The molecule has 1 aromatic heterocycles. The average Bonchev–Trinajstić information content (AvgIpc) is 2.63. The number of pyridine rings is 1. The van der Waals surface area contributed by atoms with Crippen LogP contribution in [-0.2, 0) is 9.53 Å². The third-order valence-electron chi connectivity index (χ3n) is 4.40. The summed E-state index contributed by atoms with van der Waals surface area (Å²) in [6.45, 7) is 3.36. The van der Waals surface area contributed by atoms with Gasteiger partial charge in [-0.15, -0.1) is 0 Å². The third kappa shape index (κ3) is 3.82. The van der Waals surface area contributed by atoms with Crippen molar-refractivity contribution in [2.75, 3.05) is 39.4 Å². The minimum absolute atomic E-state index is 0.0981. The van der Waals surface area contributed by atoms with Gasteiger partial charge in [-0.1, -0.05) is 23.2 Å². The summed E-state index contributed by atoms with van der Waals surface area (Å²) in [5, 5.41) is 0.492. The summed E-state index contributed by atoms with van der Waals surface area (Å²) >= 11 is 11.9. The molecule has 0 saturated carbocycles. The van der Waals surface area contributed by atoms with Gasteiger partial charge in [-0.3, -0.25) is 9.59 Å². The van der Waals surface area contributed by atoms with Crippen molar-refractivity contribution in [3.05, 3.63) is 28.0 Å². The van der Waals surface area contributed by atoms with Crippen molar-refractivity contribution < 1.29 is 14.3 Å². The maximum atomic E-state index is 12.7. The lowest BCUT2D eigenvalue weighted by atomic mass is 9.96. The zero-order valence-corrected chi connectivity index (χ0v) is 14.7. The quantitative estimate of drug-likeness (QED) is 0.746. The van der Waals surface area contributed by atoms with Crippen LogP contribution >= 0.6 is 23.2 Å². The highest BCUT2D eigenvalue weighted by atomic mass is 35.5. The van der Waals surface area contributed by atoms with Crippen LogP contribution in [0.3, 0.4) is 0 Å². The molecule has 2 aliphatic rings. The summed E-state index contributed by atoms with van der Waals surface area (Å²) in [7, 11) is 0. The monoisotopic (exact) mass is 371 g/mol. The van der Waals surface area contributed by atoms with Gasteiger partial charge in [-0.25, -0.2) is 4.98 Å². The Labute approximate surface area is 150 Å². The standard InChI is InChI=1S/C16H19Cl2N3O3/c17-12-3-4-13(18)19-14(12)16(23)21-5-1-2-11(10-21)15(22)20-6-8-24-9-7-20/h3-4,11H,1-2,5-10H2. The molecule has 6 nitrogen and oxygen atoms in total. The number of hydrogen-bond acceptors (Lipinski definition) is 4. The van der Waals surface area contributed by atoms with Crippen molar-refractivity contribution in [1.29, 1.82) is 0 Å². The summed E-state index contributed by atoms with van der Waals surface area (Å²) in [5.74, 6) is -0.360. The van der Waals surface area contributed by atoms with Crippen LogP contribution in [0.25, 0.3) is 0 Å². The van der Waals surface area contributed by atoms with Crippen LogP contribution in [0.5, 0.6) is 0 Å². The number of likely N-dealkylation sites (tertiary alicyclic amines) is 1. The maximum absolute atomic E-state index is 12.7. The lowest BCUT2D eigenvalue weighted by molar-refractivity contribution is -0.141. The second-order valence-corrected chi connectivity index (χ2v) is 6.79. The molecule has 2 saturated heterocycles. The van der Waals surface area contributed by atoms with Crippen LogP contribution in [0.4, 0.5) is 0 Å². The zero-order valence-electron chi connectivity index (χ0n) is 13.2. The molecule has 0 aromatic carbocycles. The minimum Gasteiger partial charge on any atom is -0.378 e. The fraction of sp³-hybridized carbons (Fsp3) is 0.562. The van der Waals surface area contributed by atoms with Gasteiger partial charge in [0.15, 0.2) is 0 Å². The highest BCUT2D eigenvalue weighted by Crippen LogP contribution is 2.24. The normalized spacial score (nSPS) is 21.7.